The number of benzene rings is 11. The molecule has 0 radical (unpaired) electrons. The Hall–Kier alpha value is -8.31. The quantitative estimate of drug-likeness (QED) is 0.162. The molecule has 0 aliphatic heterocycles. The first-order valence-corrected chi connectivity index (χ1v) is 22.9. The number of nitrogens with zero attached hydrogens (tertiary/aromatic N) is 3. The summed E-state index contributed by atoms with van der Waals surface area (Å²) in [6.07, 6.45) is 0. The number of rotatable bonds is 5. The zero-order valence-corrected chi connectivity index (χ0v) is 35.8. The van der Waals surface area contributed by atoms with Crippen LogP contribution >= 0.6 is 11.3 Å². The van der Waals surface area contributed by atoms with Gasteiger partial charge in [-0.1, -0.05) is 182 Å². The molecule has 0 saturated heterocycles. The fraction of sp³-hybridized carbons (Fsp3) is 0. The topological polar surface area (TPSA) is 38.7 Å². The van der Waals surface area contributed by atoms with Gasteiger partial charge in [0.25, 0.3) is 0 Å². The smallest absolute Gasteiger partial charge is 0.165 e. The van der Waals surface area contributed by atoms with Gasteiger partial charge in [0.05, 0.1) is 0 Å². The van der Waals surface area contributed by atoms with E-state index in [0.29, 0.717) is 17.5 Å². The SMILES string of the molecule is c1ccc(-c2nc(-c3cccc(-c4ccccc4-c4cc5ccc6cccc7c8cccc9ccc%10cccc(c(c4)c5c67)c%10c98)c3)nc(-c3cccc4c3sc3ccccc34)n2)cc1. The Morgan fingerprint density at radius 2 is 0.738 bits per heavy atom. The van der Waals surface area contributed by atoms with Crippen LogP contribution in [0.25, 0.3) is 141 Å². The second kappa shape index (κ2) is 14.1. The summed E-state index contributed by atoms with van der Waals surface area (Å²) in [6, 6.07) is 77.2. The van der Waals surface area contributed by atoms with Crippen LogP contribution in [0, 0.1) is 0 Å². The molecule has 0 atom stereocenters. The molecule has 0 spiro atoms. The molecular formula is C61H35N3S. The average Bonchev–Trinajstić information content (AvgIpc) is 3.76. The summed E-state index contributed by atoms with van der Waals surface area (Å²) in [5.74, 6) is 1.95. The number of fused-ring (bicyclic) bond motifs is 5. The first-order valence-electron chi connectivity index (χ1n) is 22.1. The minimum absolute atomic E-state index is 0.638. The monoisotopic (exact) mass is 841 g/mol. The van der Waals surface area contributed by atoms with Crippen LogP contribution < -0.4 is 0 Å². The summed E-state index contributed by atoms with van der Waals surface area (Å²) >= 11 is 1.79. The van der Waals surface area contributed by atoms with E-state index in [1.54, 1.807) is 11.3 Å². The lowest BCUT2D eigenvalue weighted by Gasteiger charge is -2.18. The average molecular weight is 842 g/mol. The van der Waals surface area contributed by atoms with Gasteiger partial charge in [-0.25, -0.2) is 15.0 Å². The molecule has 14 rings (SSSR count). The molecule has 2 aromatic heterocycles. The third-order valence-electron chi connectivity index (χ3n) is 13.4. The molecule has 65 heavy (non-hydrogen) atoms. The summed E-state index contributed by atoms with van der Waals surface area (Å²) in [5.41, 5.74) is 7.47. The summed E-state index contributed by atoms with van der Waals surface area (Å²) < 4.78 is 2.42. The summed E-state index contributed by atoms with van der Waals surface area (Å²) in [4.78, 5) is 15.6. The predicted molar refractivity (Wildman–Crippen MR) is 276 cm³/mol. The van der Waals surface area contributed by atoms with Crippen LogP contribution in [0.15, 0.2) is 212 Å². The summed E-state index contributed by atoms with van der Waals surface area (Å²) in [7, 11) is 0. The van der Waals surface area contributed by atoms with Crippen LogP contribution in [0.2, 0.25) is 0 Å². The second-order valence-corrected chi connectivity index (χ2v) is 18.1. The normalized spacial score (nSPS) is 12.0. The lowest BCUT2D eigenvalue weighted by atomic mass is 9.85. The fourth-order valence-electron chi connectivity index (χ4n) is 10.5. The first-order chi connectivity index (χ1) is 32.2. The highest BCUT2D eigenvalue weighted by Crippen LogP contribution is 2.46. The van der Waals surface area contributed by atoms with Gasteiger partial charge in [-0.15, -0.1) is 11.3 Å². The van der Waals surface area contributed by atoms with Gasteiger partial charge in [-0.2, -0.15) is 0 Å². The third-order valence-corrected chi connectivity index (χ3v) is 14.6. The fourth-order valence-corrected chi connectivity index (χ4v) is 11.7. The first kappa shape index (κ1) is 36.2. The highest BCUT2D eigenvalue weighted by molar-refractivity contribution is 7.26. The Bertz CT molecular complexity index is 4240. The van der Waals surface area contributed by atoms with Gasteiger partial charge in [-0.05, 0) is 117 Å². The van der Waals surface area contributed by atoms with Gasteiger partial charge < -0.3 is 0 Å². The molecule has 0 bridgehead atoms. The standard InChI is InChI=1S/C61H35N3S/c1-2-13-39(14-3-1)59-62-60(64-61(63-59)51-27-12-26-50-46-22-6-7-28-53(46)65-58(50)51)42-19-8-18-40(33-42)44-20-4-5-21-45(44)43-34-41-32-31-38-16-10-24-48-47-23-9-15-36-29-30-37-17-11-25-49(56(37)54(36)47)52(35-43)57(41)55(38)48/h1-35H. The van der Waals surface area contributed by atoms with Crippen molar-refractivity contribution in [3.63, 3.8) is 0 Å². The Kier molecular flexibility index (Phi) is 7.85. The van der Waals surface area contributed by atoms with Gasteiger partial charge in [-0.3, -0.25) is 0 Å². The van der Waals surface area contributed by atoms with E-state index in [2.05, 4.69) is 194 Å². The predicted octanol–water partition coefficient (Wildman–Crippen LogP) is 16.9. The summed E-state index contributed by atoms with van der Waals surface area (Å²) in [6.45, 7) is 0. The van der Waals surface area contributed by atoms with Crippen molar-refractivity contribution in [2.75, 3.05) is 0 Å². The van der Waals surface area contributed by atoms with Crippen molar-refractivity contribution in [2.24, 2.45) is 0 Å². The molecule has 0 N–H and O–H groups in total. The molecule has 300 valence electrons. The van der Waals surface area contributed by atoms with Crippen LogP contribution in [-0.2, 0) is 0 Å². The molecule has 4 heteroatoms. The van der Waals surface area contributed by atoms with Crippen molar-refractivity contribution in [3.8, 4) is 56.4 Å². The van der Waals surface area contributed by atoms with Gasteiger partial charge in [0, 0.05) is 36.9 Å². The van der Waals surface area contributed by atoms with E-state index in [4.69, 9.17) is 15.0 Å². The minimum Gasteiger partial charge on any atom is -0.208 e. The van der Waals surface area contributed by atoms with Crippen LogP contribution in [0.1, 0.15) is 0 Å². The van der Waals surface area contributed by atoms with Crippen molar-refractivity contribution in [1.82, 2.24) is 15.0 Å². The van der Waals surface area contributed by atoms with Gasteiger partial charge in [0.15, 0.2) is 17.5 Å². The maximum absolute atomic E-state index is 5.27. The number of thiophene rings is 1. The zero-order valence-electron chi connectivity index (χ0n) is 35.0. The van der Waals surface area contributed by atoms with Gasteiger partial charge in [0.1, 0.15) is 0 Å². The van der Waals surface area contributed by atoms with Crippen LogP contribution in [0.5, 0.6) is 0 Å². The van der Waals surface area contributed by atoms with E-state index in [-0.39, 0.29) is 0 Å². The minimum atomic E-state index is 0.638. The van der Waals surface area contributed by atoms with Crippen molar-refractivity contribution >= 4 is 96.1 Å². The molecule has 0 fully saturated rings. The molecule has 0 unspecified atom stereocenters. The molecule has 0 amide bonds. The lowest BCUT2D eigenvalue weighted by molar-refractivity contribution is 1.08. The Labute approximate surface area is 377 Å². The maximum Gasteiger partial charge on any atom is 0.165 e. The molecule has 2 heterocycles. The molecular weight excluding hydrogens is 807 g/mol. The van der Waals surface area contributed by atoms with Crippen LogP contribution in [0.3, 0.4) is 0 Å². The molecule has 3 nitrogen and oxygen atoms in total. The second-order valence-electron chi connectivity index (χ2n) is 17.0. The third kappa shape index (κ3) is 5.58. The van der Waals surface area contributed by atoms with Crippen molar-refractivity contribution in [2.45, 2.75) is 0 Å². The Morgan fingerprint density at radius 1 is 0.262 bits per heavy atom. The molecule has 0 saturated carbocycles. The number of aromatic nitrogens is 3. The Balaban J connectivity index is 0.981. The van der Waals surface area contributed by atoms with Crippen LogP contribution in [0.4, 0.5) is 0 Å². The van der Waals surface area contributed by atoms with Gasteiger partial charge >= 0.3 is 0 Å². The number of hydrogen-bond donors (Lipinski definition) is 0. The van der Waals surface area contributed by atoms with Gasteiger partial charge in [0.2, 0.25) is 0 Å². The van der Waals surface area contributed by atoms with E-state index in [0.717, 1.165) is 27.8 Å². The Morgan fingerprint density at radius 3 is 1.46 bits per heavy atom. The highest BCUT2D eigenvalue weighted by Gasteiger charge is 2.20. The van der Waals surface area contributed by atoms with E-state index in [1.807, 2.05) is 18.2 Å². The van der Waals surface area contributed by atoms with E-state index in [9.17, 15) is 0 Å². The van der Waals surface area contributed by atoms with Crippen molar-refractivity contribution in [1.29, 1.82) is 0 Å². The van der Waals surface area contributed by atoms with E-state index < -0.39 is 0 Å². The summed E-state index contributed by atoms with van der Waals surface area (Å²) in [5, 5.41) is 17.8. The largest absolute Gasteiger partial charge is 0.208 e. The maximum atomic E-state index is 5.27. The van der Waals surface area contributed by atoms with E-state index in [1.165, 1.54) is 95.9 Å². The molecule has 12 aromatic carbocycles. The lowest BCUT2D eigenvalue weighted by Crippen LogP contribution is -2.00. The van der Waals surface area contributed by atoms with Crippen molar-refractivity contribution in [3.05, 3.63) is 212 Å². The van der Waals surface area contributed by atoms with E-state index >= 15 is 0 Å². The zero-order chi connectivity index (χ0) is 42.6. The van der Waals surface area contributed by atoms with Crippen LogP contribution in [-0.4, -0.2) is 15.0 Å². The number of hydrogen-bond acceptors (Lipinski definition) is 4. The van der Waals surface area contributed by atoms with Crippen molar-refractivity contribution < 1.29 is 0 Å². The molecule has 14 aromatic rings. The molecule has 0 aliphatic carbocycles. The molecule has 0 aliphatic rings. The highest BCUT2D eigenvalue weighted by atomic mass is 32.1.